The highest BCUT2D eigenvalue weighted by atomic mass is 19.1. The van der Waals surface area contributed by atoms with Gasteiger partial charge < -0.3 is 25.3 Å². The number of likely N-dealkylation sites (tertiary alicyclic amines) is 2. The average Bonchev–Trinajstić information content (AvgIpc) is 3.34. The summed E-state index contributed by atoms with van der Waals surface area (Å²) >= 11 is 0. The second-order valence-electron chi connectivity index (χ2n) is 10.3. The Bertz CT molecular complexity index is 1410. The summed E-state index contributed by atoms with van der Waals surface area (Å²) in [7, 11) is 5.28. The molecule has 0 atom stereocenters. The third-order valence-electron chi connectivity index (χ3n) is 7.10. The number of hydrazone groups is 1. The highest BCUT2D eigenvalue weighted by molar-refractivity contribution is 6.47. The monoisotopic (exact) mass is 551 g/mol. The average molecular weight is 552 g/mol. The molecule has 13 heteroatoms. The van der Waals surface area contributed by atoms with Crippen LogP contribution in [0.3, 0.4) is 0 Å². The molecule has 2 aromatic rings. The lowest BCUT2D eigenvalue weighted by Gasteiger charge is -2.45. The van der Waals surface area contributed by atoms with Crippen molar-refractivity contribution in [3.05, 3.63) is 41.7 Å². The number of methoxy groups -OCH3 is 1. The Morgan fingerprint density at radius 2 is 2.02 bits per heavy atom. The third kappa shape index (κ3) is 5.81. The summed E-state index contributed by atoms with van der Waals surface area (Å²) in [5.74, 6) is 5.32. The van der Waals surface area contributed by atoms with Crippen LogP contribution in [0.5, 0.6) is 5.75 Å². The molecule has 0 bridgehead atoms. The number of hydrogen-bond donors (Lipinski definition) is 1. The first-order valence-electron chi connectivity index (χ1n) is 13.0. The fourth-order valence-corrected chi connectivity index (χ4v) is 4.96. The van der Waals surface area contributed by atoms with Crippen molar-refractivity contribution in [1.29, 1.82) is 5.26 Å². The summed E-state index contributed by atoms with van der Waals surface area (Å²) in [6, 6.07) is 3.73. The van der Waals surface area contributed by atoms with Crippen LogP contribution in [-0.2, 0) is 9.59 Å². The molecule has 2 amide bonds. The van der Waals surface area contributed by atoms with Gasteiger partial charge in [0, 0.05) is 37.5 Å². The fraction of sp³-hybridized carbons (Fsp3) is 0.481. The number of alkyl halides is 1. The standard InChI is InChI=1S/C27H34FN9O3/c1-18(24(33-30)19-12-22(40-4)25-20(13-29)14-31-37(25)15-19)32-21-7-10-35(11-8-21)26(39)27(28)16-36(17-27)23(38)6-5-9-34(2)3/h5-6,12,14-15,21H,7-11,16-17,30H2,1-4H3/b6-5+,32-18?,33-24+. The van der Waals surface area contributed by atoms with Gasteiger partial charge in [-0.2, -0.15) is 15.5 Å². The number of carbonyl (C=O) groups excluding carboxylic acids is 2. The number of aliphatic imine (C=N–C) groups is 1. The fourth-order valence-electron chi connectivity index (χ4n) is 4.96. The molecule has 0 aromatic carbocycles. The van der Waals surface area contributed by atoms with Crippen molar-refractivity contribution < 1.29 is 18.7 Å². The number of nitriles is 1. The quantitative estimate of drug-likeness (QED) is 0.223. The van der Waals surface area contributed by atoms with Crippen molar-refractivity contribution in [3.63, 3.8) is 0 Å². The van der Waals surface area contributed by atoms with Gasteiger partial charge in [0.2, 0.25) is 11.6 Å². The molecular weight excluding hydrogens is 517 g/mol. The van der Waals surface area contributed by atoms with Crippen LogP contribution in [0.15, 0.2) is 40.7 Å². The summed E-state index contributed by atoms with van der Waals surface area (Å²) in [4.78, 5) is 34.7. The zero-order valence-corrected chi connectivity index (χ0v) is 23.2. The zero-order chi connectivity index (χ0) is 29.0. The van der Waals surface area contributed by atoms with Crippen LogP contribution in [0.2, 0.25) is 0 Å². The predicted molar refractivity (Wildman–Crippen MR) is 148 cm³/mol. The van der Waals surface area contributed by atoms with E-state index in [1.54, 1.807) is 25.3 Å². The molecule has 4 rings (SSSR count). The second kappa shape index (κ2) is 11.8. The van der Waals surface area contributed by atoms with Crippen molar-refractivity contribution >= 4 is 28.8 Å². The number of fused-ring (bicyclic) bond motifs is 1. The molecule has 2 N–H and O–H groups in total. The molecule has 2 fully saturated rings. The van der Waals surface area contributed by atoms with Crippen LogP contribution in [0.4, 0.5) is 4.39 Å². The van der Waals surface area contributed by atoms with Crippen LogP contribution in [0.1, 0.15) is 30.9 Å². The van der Waals surface area contributed by atoms with E-state index < -0.39 is 11.6 Å². The van der Waals surface area contributed by atoms with Crippen LogP contribution >= 0.6 is 0 Å². The van der Waals surface area contributed by atoms with E-state index in [0.717, 1.165) is 0 Å². The summed E-state index contributed by atoms with van der Waals surface area (Å²) < 4.78 is 22.3. The van der Waals surface area contributed by atoms with E-state index in [1.807, 2.05) is 19.0 Å². The molecular formula is C27H34FN9O3. The number of pyridine rings is 1. The maximum atomic E-state index is 15.3. The first kappa shape index (κ1) is 28.7. The van der Waals surface area contributed by atoms with E-state index in [9.17, 15) is 14.9 Å². The Labute approximate surface area is 232 Å². The first-order valence-corrected chi connectivity index (χ1v) is 13.0. The number of carbonyl (C=O) groups is 2. The van der Waals surface area contributed by atoms with Gasteiger partial charge in [-0.15, -0.1) is 0 Å². The minimum Gasteiger partial charge on any atom is -0.494 e. The molecule has 2 saturated heterocycles. The van der Waals surface area contributed by atoms with E-state index in [1.165, 1.54) is 33.7 Å². The molecule has 2 aliphatic rings. The summed E-state index contributed by atoms with van der Waals surface area (Å²) in [5.41, 5.74) is 0.532. The Morgan fingerprint density at radius 3 is 2.62 bits per heavy atom. The topological polar surface area (TPSA) is 145 Å². The largest absolute Gasteiger partial charge is 0.494 e. The van der Waals surface area contributed by atoms with E-state index in [0.29, 0.717) is 66.3 Å². The number of hydrogen-bond acceptors (Lipinski definition) is 9. The minimum absolute atomic E-state index is 0.0989. The summed E-state index contributed by atoms with van der Waals surface area (Å²) in [6.07, 6.45) is 7.41. The van der Waals surface area contributed by atoms with Gasteiger partial charge in [0.05, 0.1) is 38.1 Å². The molecule has 0 saturated carbocycles. The number of halogens is 1. The van der Waals surface area contributed by atoms with Crippen molar-refractivity contribution in [3.8, 4) is 11.8 Å². The molecule has 0 unspecified atom stereocenters. The number of ether oxygens (including phenoxy) is 1. The number of aromatic nitrogens is 2. The van der Waals surface area contributed by atoms with Gasteiger partial charge in [0.1, 0.15) is 28.6 Å². The smallest absolute Gasteiger partial charge is 0.264 e. The first-order chi connectivity index (χ1) is 19.1. The number of rotatable bonds is 8. The van der Waals surface area contributed by atoms with Crippen LogP contribution in [0, 0.1) is 11.3 Å². The lowest BCUT2D eigenvalue weighted by molar-refractivity contribution is -0.162. The Hall–Kier alpha value is -4.31. The summed E-state index contributed by atoms with van der Waals surface area (Å²) in [5, 5.41) is 17.5. The SMILES string of the molecule is COc1cc(/C(=N/N)C(C)=NC2CCN(C(=O)C3(F)CN(C(=O)/C=C/CN(C)C)C3)CC2)cn2ncc(C#N)c12. The number of amides is 2. The molecule has 2 aromatic heterocycles. The normalized spacial score (nSPS) is 18.3. The van der Waals surface area contributed by atoms with Gasteiger partial charge in [0.15, 0.2) is 0 Å². The van der Waals surface area contributed by atoms with Gasteiger partial charge in [-0.05, 0) is 39.9 Å². The molecule has 0 radical (unpaired) electrons. The van der Waals surface area contributed by atoms with Crippen molar-refractivity contribution in [2.45, 2.75) is 31.5 Å². The van der Waals surface area contributed by atoms with E-state index in [-0.39, 0.29) is 25.0 Å². The molecule has 0 aliphatic carbocycles. The number of nitrogens with zero attached hydrogens (tertiary/aromatic N) is 8. The van der Waals surface area contributed by atoms with E-state index >= 15 is 4.39 Å². The van der Waals surface area contributed by atoms with Crippen molar-refractivity contribution in [2.24, 2.45) is 15.9 Å². The highest BCUT2D eigenvalue weighted by Gasteiger charge is 2.53. The Morgan fingerprint density at radius 1 is 1.32 bits per heavy atom. The second-order valence-corrected chi connectivity index (χ2v) is 10.3. The van der Waals surface area contributed by atoms with Crippen LogP contribution < -0.4 is 10.6 Å². The lowest BCUT2D eigenvalue weighted by Crippen LogP contribution is -2.68. The number of piperidine rings is 1. The Kier molecular flexibility index (Phi) is 8.49. The van der Waals surface area contributed by atoms with Crippen molar-refractivity contribution in [1.82, 2.24) is 24.3 Å². The number of likely N-dealkylation sites (N-methyl/N-ethyl adjacent to an activating group) is 1. The van der Waals surface area contributed by atoms with Gasteiger partial charge in [-0.3, -0.25) is 14.6 Å². The molecule has 12 nitrogen and oxygen atoms in total. The van der Waals surface area contributed by atoms with Gasteiger partial charge in [-0.25, -0.2) is 8.91 Å². The zero-order valence-electron chi connectivity index (χ0n) is 23.2. The van der Waals surface area contributed by atoms with Crippen LogP contribution in [0.25, 0.3) is 5.52 Å². The minimum atomic E-state index is -2.05. The summed E-state index contributed by atoms with van der Waals surface area (Å²) in [6.45, 7) is 2.66. The van der Waals surface area contributed by atoms with Crippen LogP contribution in [-0.4, -0.2) is 113 Å². The van der Waals surface area contributed by atoms with Gasteiger partial charge >= 0.3 is 0 Å². The molecule has 4 heterocycles. The maximum absolute atomic E-state index is 15.3. The number of nitrogens with two attached hydrogens (primary N) is 1. The third-order valence-corrected chi connectivity index (χ3v) is 7.10. The predicted octanol–water partition coefficient (Wildman–Crippen LogP) is 0.998. The molecule has 40 heavy (non-hydrogen) atoms. The van der Waals surface area contributed by atoms with Crippen molar-refractivity contribution in [2.75, 3.05) is 53.9 Å². The lowest BCUT2D eigenvalue weighted by atomic mass is 9.92. The maximum Gasteiger partial charge on any atom is 0.264 e. The van der Waals surface area contributed by atoms with E-state index in [2.05, 4.69) is 16.3 Å². The Balaban J connectivity index is 1.36. The highest BCUT2D eigenvalue weighted by Crippen LogP contribution is 2.30. The molecule has 212 valence electrons. The van der Waals surface area contributed by atoms with Gasteiger partial charge in [0.25, 0.3) is 5.91 Å². The van der Waals surface area contributed by atoms with E-state index in [4.69, 9.17) is 15.6 Å². The molecule has 2 aliphatic heterocycles. The molecule has 0 spiro atoms. The van der Waals surface area contributed by atoms with Gasteiger partial charge in [-0.1, -0.05) is 6.08 Å².